The van der Waals surface area contributed by atoms with Crippen molar-refractivity contribution in [3.63, 3.8) is 0 Å². The van der Waals surface area contributed by atoms with E-state index in [2.05, 4.69) is 20.6 Å². The highest BCUT2D eigenvalue weighted by atomic mass is 16.2. The molecule has 0 aliphatic rings. The SMILES string of the molecule is C[C@H](NC(=O)[C@@H](C)Nc1ccc2[nH]c(=O)[nH]c2c1)c1ccccc1. The van der Waals surface area contributed by atoms with E-state index in [-0.39, 0.29) is 17.6 Å². The second kappa shape index (κ2) is 6.62. The minimum Gasteiger partial charge on any atom is -0.374 e. The van der Waals surface area contributed by atoms with Crippen LogP contribution in [0.3, 0.4) is 0 Å². The number of nitrogens with one attached hydrogen (secondary N) is 4. The Hall–Kier alpha value is -3.02. The average Bonchev–Trinajstić information content (AvgIpc) is 2.94. The van der Waals surface area contributed by atoms with E-state index >= 15 is 0 Å². The molecule has 0 bridgehead atoms. The predicted molar refractivity (Wildman–Crippen MR) is 95.0 cm³/mol. The topological polar surface area (TPSA) is 89.8 Å². The number of anilines is 1. The highest BCUT2D eigenvalue weighted by Gasteiger charge is 2.16. The van der Waals surface area contributed by atoms with Gasteiger partial charge in [0.25, 0.3) is 0 Å². The van der Waals surface area contributed by atoms with Crippen LogP contribution in [0.15, 0.2) is 53.3 Å². The minimum atomic E-state index is -0.403. The van der Waals surface area contributed by atoms with Crippen molar-refractivity contribution in [2.45, 2.75) is 25.9 Å². The monoisotopic (exact) mass is 324 g/mol. The smallest absolute Gasteiger partial charge is 0.323 e. The standard InChI is InChI=1S/C18H20N4O2/c1-11(13-6-4-3-5-7-13)20-17(23)12(2)19-14-8-9-15-16(10-14)22-18(24)21-15/h3-12,19H,1-2H3,(H,20,23)(H2,21,22,24)/t11-,12+/m0/s1. The molecule has 0 aliphatic carbocycles. The Bertz CT molecular complexity index is 898. The largest absolute Gasteiger partial charge is 0.374 e. The molecule has 2 aromatic carbocycles. The number of rotatable bonds is 5. The summed E-state index contributed by atoms with van der Waals surface area (Å²) in [6, 6.07) is 14.8. The number of aromatic nitrogens is 2. The molecule has 0 saturated carbocycles. The fraction of sp³-hybridized carbons (Fsp3) is 0.222. The van der Waals surface area contributed by atoms with Crippen LogP contribution >= 0.6 is 0 Å². The summed E-state index contributed by atoms with van der Waals surface area (Å²) in [7, 11) is 0. The number of H-pyrrole nitrogens is 2. The van der Waals surface area contributed by atoms with Crippen LogP contribution in [0.5, 0.6) is 0 Å². The van der Waals surface area contributed by atoms with Crippen molar-refractivity contribution in [1.29, 1.82) is 0 Å². The first-order chi connectivity index (χ1) is 11.5. The molecule has 124 valence electrons. The van der Waals surface area contributed by atoms with Crippen LogP contribution in [0.1, 0.15) is 25.5 Å². The zero-order chi connectivity index (χ0) is 17.1. The number of fused-ring (bicyclic) bond motifs is 1. The number of imidazole rings is 1. The summed E-state index contributed by atoms with van der Waals surface area (Å²) < 4.78 is 0. The molecule has 0 saturated heterocycles. The van der Waals surface area contributed by atoms with Crippen LogP contribution in [0.25, 0.3) is 11.0 Å². The Kier molecular flexibility index (Phi) is 4.37. The summed E-state index contributed by atoms with van der Waals surface area (Å²) >= 11 is 0. The molecule has 4 N–H and O–H groups in total. The van der Waals surface area contributed by atoms with Gasteiger partial charge in [0.05, 0.1) is 17.1 Å². The van der Waals surface area contributed by atoms with Crippen LogP contribution < -0.4 is 16.3 Å². The molecule has 0 radical (unpaired) electrons. The van der Waals surface area contributed by atoms with Crippen LogP contribution in [0, 0.1) is 0 Å². The Morgan fingerprint density at radius 1 is 1.00 bits per heavy atom. The third kappa shape index (κ3) is 3.48. The number of aromatic amines is 2. The molecular formula is C18H20N4O2. The van der Waals surface area contributed by atoms with Gasteiger partial charge in [-0.1, -0.05) is 30.3 Å². The van der Waals surface area contributed by atoms with Gasteiger partial charge in [-0.3, -0.25) is 4.79 Å². The highest BCUT2D eigenvalue weighted by molar-refractivity contribution is 5.86. The number of hydrogen-bond donors (Lipinski definition) is 4. The molecule has 24 heavy (non-hydrogen) atoms. The van der Waals surface area contributed by atoms with Gasteiger partial charge < -0.3 is 20.6 Å². The van der Waals surface area contributed by atoms with Gasteiger partial charge in [-0.25, -0.2) is 4.79 Å². The van der Waals surface area contributed by atoms with Crippen molar-refractivity contribution in [3.8, 4) is 0 Å². The molecule has 3 aromatic rings. The highest BCUT2D eigenvalue weighted by Crippen LogP contribution is 2.16. The molecule has 1 heterocycles. The van der Waals surface area contributed by atoms with E-state index in [1.165, 1.54) is 0 Å². The van der Waals surface area contributed by atoms with Crippen LogP contribution in [-0.2, 0) is 4.79 Å². The number of amides is 1. The van der Waals surface area contributed by atoms with E-state index in [4.69, 9.17) is 0 Å². The van der Waals surface area contributed by atoms with Crippen molar-refractivity contribution in [2.75, 3.05) is 5.32 Å². The Morgan fingerprint density at radius 2 is 1.71 bits per heavy atom. The fourth-order valence-electron chi connectivity index (χ4n) is 2.60. The summed E-state index contributed by atoms with van der Waals surface area (Å²) in [6.45, 7) is 3.76. The van der Waals surface area contributed by atoms with Crippen molar-refractivity contribution >= 4 is 22.6 Å². The summed E-state index contributed by atoms with van der Waals surface area (Å²) in [5, 5.41) is 6.14. The van der Waals surface area contributed by atoms with Gasteiger partial charge >= 0.3 is 5.69 Å². The first-order valence-electron chi connectivity index (χ1n) is 7.87. The van der Waals surface area contributed by atoms with E-state index < -0.39 is 6.04 Å². The maximum absolute atomic E-state index is 12.4. The maximum atomic E-state index is 12.4. The van der Waals surface area contributed by atoms with E-state index in [9.17, 15) is 9.59 Å². The molecule has 1 amide bonds. The first-order valence-corrected chi connectivity index (χ1v) is 7.87. The zero-order valence-corrected chi connectivity index (χ0v) is 13.6. The summed E-state index contributed by atoms with van der Waals surface area (Å²) in [5.74, 6) is -0.0889. The number of benzene rings is 2. The predicted octanol–water partition coefficient (Wildman–Crippen LogP) is 2.53. The molecule has 0 fully saturated rings. The second-order valence-corrected chi connectivity index (χ2v) is 5.85. The lowest BCUT2D eigenvalue weighted by molar-refractivity contribution is -0.122. The Morgan fingerprint density at radius 3 is 2.46 bits per heavy atom. The number of carbonyl (C=O) groups excluding carboxylic acids is 1. The number of carbonyl (C=O) groups is 1. The molecule has 1 aromatic heterocycles. The lowest BCUT2D eigenvalue weighted by atomic mass is 10.1. The van der Waals surface area contributed by atoms with Crippen LogP contribution in [-0.4, -0.2) is 21.9 Å². The fourth-order valence-corrected chi connectivity index (χ4v) is 2.60. The normalized spacial score (nSPS) is 13.4. The lowest BCUT2D eigenvalue weighted by Gasteiger charge is -2.19. The molecule has 2 atom stereocenters. The summed E-state index contributed by atoms with van der Waals surface area (Å²) in [5.41, 5.74) is 3.03. The third-order valence-electron chi connectivity index (χ3n) is 3.95. The number of hydrogen-bond acceptors (Lipinski definition) is 3. The maximum Gasteiger partial charge on any atom is 0.323 e. The van der Waals surface area contributed by atoms with Crippen LogP contribution in [0.4, 0.5) is 5.69 Å². The van der Waals surface area contributed by atoms with E-state index in [1.807, 2.05) is 43.3 Å². The summed E-state index contributed by atoms with van der Waals surface area (Å²) in [4.78, 5) is 29.0. The average molecular weight is 324 g/mol. The van der Waals surface area contributed by atoms with E-state index in [0.717, 1.165) is 16.8 Å². The van der Waals surface area contributed by atoms with E-state index in [0.29, 0.717) is 5.52 Å². The second-order valence-electron chi connectivity index (χ2n) is 5.85. The van der Waals surface area contributed by atoms with Crippen LogP contribution in [0.2, 0.25) is 0 Å². The zero-order valence-electron chi connectivity index (χ0n) is 13.6. The molecule has 3 rings (SSSR count). The van der Waals surface area contributed by atoms with Gasteiger partial charge in [-0.15, -0.1) is 0 Å². The Balaban J connectivity index is 1.65. The molecule has 0 spiro atoms. The molecule has 6 nitrogen and oxygen atoms in total. The van der Waals surface area contributed by atoms with Gasteiger partial charge in [-0.2, -0.15) is 0 Å². The minimum absolute atomic E-state index is 0.0635. The Labute approximate surface area is 139 Å². The van der Waals surface area contributed by atoms with Crippen molar-refractivity contribution in [3.05, 3.63) is 64.6 Å². The van der Waals surface area contributed by atoms with Gasteiger partial charge in [0, 0.05) is 5.69 Å². The van der Waals surface area contributed by atoms with Gasteiger partial charge in [-0.05, 0) is 37.6 Å². The van der Waals surface area contributed by atoms with Crippen molar-refractivity contribution in [1.82, 2.24) is 15.3 Å². The van der Waals surface area contributed by atoms with Gasteiger partial charge in [0.2, 0.25) is 5.91 Å². The molecule has 6 heteroatoms. The lowest BCUT2D eigenvalue weighted by Crippen LogP contribution is -2.38. The van der Waals surface area contributed by atoms with E-state index in [1.54, 1.807) is 19.1 Å². The van der Waals surface area contributed by atoms with Crippen molar-refractivity contribution < 1.29 is 4.79 Å². The first kappa shape index (κ1) is 15.9. The molecule has 0 aliphatic heterocycles. The molecular weight excluding hydrogens is 304 g/mol. The third-order valence-corrected chi connectivity index (χ3v) is 3.95. The van der Waals surface area contributed by atoms with Gasteiger partial charge in [0.1, 0.15) is 6.04 Å². The van der Waals surface area contributed by atoms with Crippen molar-refractivity contribution in [2.24, 2.45) is 0 Å². The molecule has 0 unspecified atom stereocenters. The quantitative estimate of drug-likeness (QED) is 0.581. The van der Waals surface area contributed by atoms with Gasteiger partial charge in [0.15, 0.2) is 0 Å². The summed E-state index contributed by atoms with van der Waals surface area (Å²) in [6.07, 6.45) is 0.